The highest BCUT2D eigenvalue weighted by Gasteiger charge is 2.16. The number of ether oxygens (including phenoxy) is 2. The summed E-state index contributed by atoms with van der Waals surface area (Å²) in [5.41, 5.74) is -0.448. The zero-order chi connectivity index (χ0) is 15.4. The lowest BCUT2D eigenvalue weighted by Crippen LogP contribution is -2.41. The molecule has 5 heteroatoms. The molecule has 1 atom stereocenters. The van der Waals surface area contributed by atoms with Crippen LogP contribution in [-0.4, -0.2) is 44.0 Å². The first kappa shape index (κ1) is 19.2. The van der Waals surface area contributed by atoms with Gasteiger partial charge in [0.25, 0.3) is 0 Å². The van der Waals surface area contributed by atoms with E-state index in [0.29, 0.717) is 6.54 Å². The molecule has 0 saturated heterocycles. The number of amides is 1. The average Bonchev–Trinajstić information content (AvgIpc) is 2.33. The van der Waals surface area contributed by atoms with Crippen molar-refractivity contribution in [3.63, 3.8) is 0 Å². The molecule has 0 fully saturated rings. The fraction of sp³-hybridized carbons (Fsp3) is 0.933. The molecule has 1 amide bonds. The summed E-state index contributed by atoms with van der Waals surface area (Å²) in [5.74, 6) is 0. The number of unbranched alkanes of at least 4 members (excludes halogenated alkanes) is 1. The van der Waals surface area contributed by atoms with Gasteiger partial charge >= 0.3 is 6.09 Å². The Hall–Kier alpha value is -0.810. The van der Waals surface area contributed by atoms with Gasteiger partial charge in [0.05, 0.1) is 0 Å². The van der Waals surface area contributed by atoms with Gasteiger partial charge in [-0.2, -0.15) is 0 Å². The van der Waals surface area contributed by atoms with Crippen molar-refractivity contribution in [1.29, 1.82) is 0 Å². The van der Waals surface area contributed by atoms with E-state index in [9.17, 15) is 4.79 Å². The Labute approximate surface area is 123 Å². The monoisotopic (exact) mass is 288 g/mol. The summed E-state index contributed by atoms with van der Waals surface area (Å²) < 4.78 is 10.6. The van der Waals surface area contributed by atoms with E-state index in [0.717, 1.165) is 32.6 Å². The third-order valence-corrected chi connectivity index (χ3v) is 2.55. The van der Waals surface area contributed by atoms with Crippen LogP contribution in [0.4, 0.5) is 4.79 Å². The summed E-state index contributed by atoms with van der Waals surface area (Å²) >= 11 is 0. The van der Waals surface area contributed by atoms with Gasteiger partial charge in [-0.15, -0.1) is 0 Å². The summed E-state index contributed by atoms with van der Waals surface area (Å²) in [6.07, 6.45) is 2.92. The molecular weight excluding hydrogens is 256 g/mol. The van der Waals surface area contributed by atoms with Crippen molar-refractivity contribution in [2.45, 2.75) is 65.5 Å². The molecule has 0 saturated carbocycles. The lowest BCUT2D eigenvalue weighted by molar-refractivity contribution is 0.0523. The highest BCUT2D eigenvalue weighted by molar-refractivity contribution is 5.67. The van der Waals surface area contributed by atoms with Gasteiger partial charge in [-0.25, -0.2) is 4.79 Å². The molecule has 2 N–H and O–H groups in total. The Morgan fingerprint density at radius 2 is 1.85 bits per heavy atom. The number of hydrogen-bond donors (Lipinski definition) is 2. The van der Waals surface area contributed by atoms with Gasteiger partial charge < -0.3 is 20.1 Å². The molecule has 0 heterocycles. The maximum atomic E-state index is 11.5. The number of hydrogen-bond acceptors (Lipinski definition) is 4. The Balaban J connectivity index is 3.45. The molecular formula is C15H32N2O3. The highest BCUT2D eigenvalue weighted by atomic mass is 16.6. The molecule has 5 nitrogen and oxygen atoms in total. The van der Waals surface area contributed by atoms with E-state index in [1.54, 1.807) is 0 Å². The summed E-state index contributed by atoms with van der Waals surface area (Å²) in [4.78, 5) is 11.5. The van der Waals surface area contributed by atoms with Crippen molar-refractivity contribution in [1.82, 2.24) is 10.6 Å². The second kappa shape index (κ2) is 10.9. The summed E-state index contributed by atoms with van der Waals surface area (Å²) in [6, 6.07) is 0.221. The number of alkyl carbamates (subject to hydrolysis) is 1. The fourth-order valence-electron chi connectivity index (χ4n) is 1.49. The minimum Gasteiger partial charge on any atom is -0.444 e. The van der Waals surface area contributed by atoms with E-state index in [2.05, 4.69) is 17.6 Å². The van der Waals surface area contributed by atoms with Gasteiger partial charge in [0, 0.05) is 25.8 Å². The predicted octanol–water partition coefficient (Wildman–Crippen LogP) is 2.70. The number of rotatable bonds is 10. The lowest BCUT2D eigenvalue weighted by atomic mass is 10.2. The van der Waals surface area contributed by atoms with Crippen molar-refractivity contribution in [3.05, 3.63) is 0 Å². The quantitative estimate of drug-likeness (QED) is 0.607. The first-order valence-corrected chi connectivity index (χ1v) is 7.63. The van der Waals surface area contributed by atoms with Gasteiger partial charge in [0.2, 0.25) is 0 Å². The number of carbonyl (C=O) groups excluding carboxylic acids is 1. The van der Waals surface area contributed by atoms with Crippen LogP contribution in [0.1, 0.15) is 53.9 Å². The minimum absolute atomic E-state index is 0.221. The van der Waals surface area contributed by atoms with Gasteiger partial charge in [-0.05, 0) is 47.1 Å². The Morgan fingerprint density at radius 3 is 2.45 bits per heavy atom. The molecule has 0 spiro atoms. The molecule has 1 unspecified atom stereocenters. The largest absolute Gasteiger partial charge is 0.444 e. The first-order valence-electron chi connectivity index (χ1n) is 7.63. The first-order chi connectivity index (χ1) is 9.35. The molecule has 0 aliphatic rings. The third kappa shape index (κ3) is 13.6. The number of nitrogens with one attached hydrogen (secondary N) is 2. The van der Waals surface area contributed by atoms with Crippen LogP contribution in [0.3, 0.4) is 0 Å². The van der Waals surface area contributed by atoms with Crippen molar-refractivity contribution < 1.29 is 14.3 Å². The van der Waals surface area contributed by atoms with Crippen molar-refractivity contribution in [2.24, 2.45) is 0 Å². The topological polar surface area (TPSA) is 59.6 Å². The van der Waals surface area contributed by atoms with Gasteiger partial charge in [0.15, 0.2) is 0 Å². The van der Waals surface area contributed by atoms with Crippen molar-refractivity contribution >= 4 is 6.09 Å². The second-order valence-electron chi connectivity index (χ2n) is 6.06. The van der Waals surface area contributed by atoms with Crippen LogP contribution in [0, 0.1) is 0 Å². The van der Waals surface area contributed by atoms with Crippen LogP contribution in [-0.2, 0) is 9.47 Å². The molecule has 0 aliphatic carbocycles. The van der Waals surface area contributed by atoms with Gasteiger partial charge in [-0.3, -0.25) is 0 Å². The smallest absolute Gasteiger partial charge is 0.407 e. The zero-order valence-corrected chi connectivity index (χ0v) is 13.8. The summed E-state index contributed by atoms with van der Waals surface area (Å²) in [7, 11) is 0. The van der Waals surface area contributed by atoms with Crippen LogP contribution < -0.4 is 10.6 Å². The Kier molecular flexibility index (Phi) is 10.5. The fourth-order valence-corrected chi connectivity index (χ4v) is 1.49. The van der Waals surface area contributed by atoms with Crippen LogP contribution >= 0.6 is 0 Å². The van der Waals surface area contributed by atoms with Crippen LogP contribution in [0.25, 0.3) is 0 Å². The minimum atomic E-state index is -0.448. The van der Waals surface area contributed by atoms with E-state index in [1.807, 2.05) is 27.7 Å². The maximum absolute atomic E-state index is 11.5. The highest BCUT2D eigenvalue weighted by Crippen LogP contribution is 2.06. The summed E-state index contributed by atoms with van der Waals surface area (Å²) in [5, 5.41) is 6.09. The van der Waals surface area contributed by atoms with Crippen molar-refractivity contribution in [2.75, 3.05) is 26.3 Å². The Bertz CT molecular complexity index is 252. The standard InChI is InChI=1S/C15H32N2O3/c1-6-7-10-19-11-8-9-16-13(2)12-17-14(18)20-15(3,4)5/h13,16H,6-12H2,1-5H3,(H,17,18). The SMILES string of the molecule is CCCCOCCCNC(C)CNC(=O)OC(C)(C)C. The lowest BCUT2D eigenvalue weighted by Gasteiger charge is -2.21. The molecule has 0 aromatic rings. The van der Waals surface area contributed by atoms with Crippen LogP contribution in [0.5, 0.6) is 0 Å². The molecule has 0 bridgehead atoms. The second-order valence-corrected chi connectivity index (χ2v) is 6.06. The summed E-state index contributed by atoms with van der Waals surface area (Å²) in [6.45, 7) is 12.9. The molecule has 120 valence electrons. The Morgan fingerprint density at radius 1 is 1.20 bits per heavy atom. The van der Waals surface area contributed by atoms with Gasteiger partial charge in [-0.1, -0.05) is 13.3 Å². The molecule has 0 rings (SSSR count). The van der Waals surface area contributed by atoms with Crippen LogP contribution in [0.15, 0.2) is 0 Å². The predicted molar refractivity (Wildman–Crippen MR) is 82.0 cm³/mol. The van der Waals surface area contributed by atoms with E-state index in [4.69, 9.17) is 9.47 Å². The van der Waals surface area contributed by atoms with E-state index >= 15 is 0 Å². The van der Waals surface area contributed by atoms with E-state index in [-0.39, 0.29) is 12.1 Å². The molecule has 20 heavy (non-hydrogen) atoms. The van der Waals surface area contributed by atoms with Crippen molar-refractivity contribution in [3.8, 4) is 0 Å². The van der Waals surface area contributed by atoms with Crippen LogP contribution in [0.2, 0.25) is 0 Å². The van der Waals surface area contributed by atoms with Gasteiger partial charge in [0.1, 0.15) is 5.60 Å². The molecule has 0 aliphatic heterocycles. The number of carbonyl (C=O) groups is 1. The van der Waals surface area contributed by atoms with E-state index < -0.39 is 5.60 Å². The third-order valence-electron chi connectivity index (χ3n) is 2.55. The van der Waals surface area contributed by atoms with E-state index in [1.165, 1.54) is 6.42 Å². The average molecular weight is 288 g/mol. The molecule has 0 aromatic carbocycles. The molecule has 0 aromatic heterocycles. The zero-order valence-electron chi connectivity index (χ0n) is 13.8. The maximum Gasteiger partial charge on any atom is 0.407 e. The molecule has 0 radical (unpaired) electrons. The normalized spacial score (nSPS) is 13.1.